The molecular formula is C19H30ClN3O. The zero-order chi connectivity index (χ0) is 16.1. The van der Waals surface area contributed by atoms with Gasteiger partial charge < -0.3 is 10.6 Å². The maximum atomic E-state index is 12.4. The van der Waals surface area contributed by atoms with Gasteiger partial charge in [0.1, 0.15) is 0 Å². The van der Waals surface area contributed by atoms with Crippen LogP contribution < -0.4 is 10.6 Å². The molecule has 134 valence electrons. The first kappa shape index (κ1) is 19.2. The van der Waals surface area contributed by atoms with Gasteiger partial charge in [-0.15, -0.1) is 12.4 Å². The van der Waals surface area contributed by atoms with E-state index in [0.717, 1.165) is 45.6 Å². The molecule has 2 fully saturated rings. The summed E-state index contributed by atoms with van der Waals surface area (Å²) in [5, 5.41) is 6.60. The van der Waals surface area contributed by atoms with E-state index in [9.17, 15) is 4.79 Å². The smallest absolute Gasteiger partial charge is 0.223 e. The molecule has 0 aliphatic carbocycles. The topological polar surface area (TPSA) is 44.4 Å². The Kier molecular flexibility index (Phi) is 7.53. The van der Waals surface area contributed by atoms with Gasteiger partial charge in [-0.3, -0.25) is 9.69 Å². The molecule has 2 unspecified atom stereocenters. The van der Waals surface area contributed by atoms with Gasteiger partial charge in [-0.1, -0.05) is 30.3 Å². The highest BCUT2D eigenvalue weighted by Crippen LogP contribution is 2.22. The fraction of sp³-hybridized carbons (Fsp3) is 0.632. The molecule has 0 radical (unpaired) electrons. The molecule has 24 heavy (non-hydrogen) atoms. The SMILES string of the molecule is CC(NC(=O)C1CCNCC1)C1CCN(Cc2ccccc2)C1.Cl. The Morgan fingerprint density at radius 1 is 1.25 bits per heavy atom. The molecule has 2 saturated heterocycles. The lowest BCUT2D eigenvalue weighted by Crippen LogP contribution is -2.44. The zero-order valence-electron chi connectivity index (χ0n) is 14.5. The van der Waals surface area contributed by atoms with Gasteiger partial charge in [-0.2, -0.15) is 0 Å². The average molecular weight is 352 g/mol. The van der Waals surface area contributed by atoms with Gasteiger partial charge in [-0.25, -0.2) is 0 Å². The minimum atomic E-state index is 0. The summed E-state index contributed by atoms with van der Waals surface area (Å²) in [5.74, 6) is 1.05. The van der Waals surface area contributed by atoms with Gasteiger partial charge in [-0.05, 0) is 57.3 Å². The van der Waals surface area contributed by atoms with E-state index in [1.165, 1.54) is 12.0 Å². The summed E-state index contributed by atoms with van der Waals surface area (Å²) in [4.78, 5) is 14.9. The monoisotopic (exact) mass is 351 g/mol. The fourth-order valence-corrected chi connectivity index (χ4v) is 3.80. The number of carbonyl (C=O) groups is 1. The summed E-state index contributed by atoms with van der Waals surface area (Å²) in [7, 11) is 0. The maximum absolute atomic E-state index is 12.4. The number of likely N-dealkylation sites (tertiary alicyclic amines) is 1. The first-order valence-corrected chi connectivity index (χ1v) is 9.00. The molecule has 0 spiro atoms. The van der Waals surface area contributed by atoms with Crippen molar-refractivity contribution in [2.75, 3.05) is 26.2 Å². The van der Waals surface area contributed by atoms with Gasteiger partial charge in [0.25, 0.3) is 0 Å². The number of piperidine rings is 1. The van der Waals surface area contributed by atoms with Crippen LogP contribution in [0.5, 0.6) is 0 Å². The Morgan fingerprint density at radius 2 is 1.96 bits per heavy atom. The lowest BCUT2D eigenvalue weighted by molar-refractivity contribution is -0.126. The van der Waals surface area contributed by atoms with Crippen molar-refractivity contribution in [2.24, 2.45) is 11.8 Å². The summed E-state index contributed by atoms with van der Waals surface area (Å²) < 4.78 is 0. The number of halogens is 1. The van der Waals surface area contributed by atoms with E-state index in [1.54, 1.807) is 0 Å². The Morgan fingerprint density at radius 3 is 2.67 bits per heavy atom. The van der Waals surface area contributed by atoms with E-state index in [4.69, 9.17) is 0 Å². The molecule has 4 nitrogen and oxygen atoms in total. The van der Waals surface area contributed by atoms with Gasteiger partial charge in [0.2, 0.25) is 5.91 Å². The van der Waals surface area contributed by atoms with E-state index in [-0.39, 0.29) is 30.3 Å². The molecule has 2 aliphatic heterocycles. The van der Waals surface area contributed by atoms with Crippen LogP contribution in [-0.4, -0.2) is 43.0 Å². The maximum Gasteiger partial charge on any atom is 0.223 e. The van der Waals surface area contributed by atoms with Gasteiger partial charge in [0.15, 0.2) is 0 Å². The van der Waals surface area contributed by atoms with Crippen molar-refractivity contribution in [1.29, 1.82) is 0 Å². The van der Waals surface area contributed by atoms with Crippen molar-refractivity contribution in [3.05, 3.63) is 35.9 Å². The molecule has 3 rings (SSSR count). The average Bonchev–Trinajstić information content (AvgIpc) is 3.05. The Labute approximate surface area is 151 Å². The van der Waals surface area contributed by atoms with Crippen LogP contribution in [0.1, 0.15) is 31.7 Å². The van der Waals surface area contributed by atoms with Crippen molar-refractivity contribution in [3.8, 4) is 0 Å². The van der Waals surface area contributed by atoms with E-state index >= 15 is 0 Å². The van der Waals surface area contributed by atoms with Crippen molar-refractivity contribution >= 4 is 18.3 Å². The molecule has 5 heteroatoms. The summed E-state index contributed by atoms with van der Waals surface area (Å²) in [6.07, 6.45) is 3.13. The number of benzene rings is 1. The second-order valence-corrected chi connectivity index (χ2v) is 7.09. The van der Waals surface area contributed by atoms with Gasteiger partial charge in [0, 0.05) is 25.0 Å². The van der Waals surface area contributed by atoms with E-state index in [2.05, 4.69) is 52.8 Å². The van der Waals surface area contributed by atoms with Crippen LogP contribution in [0.15, 0.2) is 30.3 Å². The van der Waals surface area contributed by atoms with E-state index < -0.39 is 0 Å². The molecule has 2 N–H and O–H groups in total. The van der Waals surface area contributed by atoms with E-state index in [1.807, 2.05) is 0 Å². The Balaban J connectivity index is 0.00000208. The number of hydrogen-bond acceptors (Lipinski definition) is 3. The molecule has 1 aromatic carbocycles. The lowest BCUT2D eigenvalue weighted by Gasteiger charge is -2.26. The molecule has 0 aromatic heterocycles. The second kappa shape index (κ2) is 9.40. The summed E-state index contributed by atoms with van der Waals surface area (Å²) in [6.45, 7) is 7.36. The largest absolute Gasteiger partial charge is 0.353 e. The number of nitrogens with one attached hydrogen (secondary N) is 2. The summed E-state index contributed by atoms with van der Waals surface area (Å²) in [5.41, 5.74) is 1.37. The van der Waals surface area contributed by atoms with Crippen molar-refractivity contribution in [3.63, 3.8) is 0 Å². The first-order chi connectivity index (χ1) is 11.2. The lowest BCUT2D eigenvalue weighted by atomic mass is 9.95. The molecule has 1 aromatic rings. The standard InChI is InChI=1S/C19H29N3O.ClH/c1-15(21-19(23)17-7-10-20-11-8-17)18-9-12-22(14-18)13-16-5-3-2-4-6-16;/h2-6,15,17-18,20H,7-14H2,1H3,(H,21,23);1H. The molecule has 0 saturated carbocycles. The summed E-state index contributed by atoms with van der Waals surface area (Å²) >= 11 is 0. The van der Waals surface area contributed by atoms with Gasteiger partial charge in [0.05, 0.1) is 0 Å². The third-order valence-corrected chi connectivity index (χ3v) is 5.34. The number of hydrogen-bond donors (Lipinski definition) is 2. The number of carbonyl (C=O) groups excluding carboxylic acids is 1. The van der Waals surface area contributed by atoms with Crippen LogP contribution in [0, 0.1) is 11.8 Å². The highest BCUT2D eigenvalue weighted by Gasteiger charge is 2.29. The predicted octanol–water partition coefficient (Wildman–Crippen LogP) is 2.43. The van der Waals surface area contributed by atoms with Crippen molar-refractivity contribution in [1.82, 2.24) is 15.5 Å². The van der Waals surface area contributed by atoms with E-state index in [0.29, 0.717) is 5.92 Å². The molecule has 2 aliphatic rings. The van der Waals surface area contributed by atoms with Crippen LogP contribution in [-0.2, 0) is 11.3 Å². The summed E-state index contributed by atoms with van der Waals surface area (Å²) in [6, 6.07) is 10.9. The normalized spacial score (nSPS) is 23.5. The number of nitrogens with zero attached hydrogens (tertiary/aromatic N) is 1. The predicted molar refractivity (Wildman–Crippen MR) is 100 cm³/mol. The highest BCUT2D eigenvalue weighted by molar-refractivity contribution is 5.85. The Bertz CT molecular complexity index is 505. The fourth-order valence-electron chi connectivity index (χ4n) is 3.80. The molecule has 2 atom stereocenters. The molecule has 0 bridgehead atoms. The molecular weight excluding hydrogens is 322 g/mol. The van der Waals surface area contributed by atoms with Crippen molar-refractivity contribution < 1.29 is 4.79 Å². The van der Waals surface area contributed by atoms with Gasteiger partial charge >= 0.3 is 0 Å². The Hall–Kier alpha value is -1.10. The number of amides is 1. The second-order valence-electron chi connectivity index (χ2n) is 7.09. The third-order valence-electron chi connectivity index (χ3n) is 5.34. The van der Waals surface area contributed by atoms with Crippen LogP contribution >= 0.6 is 12.4 Å². The minimum Gasteiger partial charge on any atom is -0.353 e. The minimum absolute atomic E-state index is 0. The van der Waals surface area contributed by atoms with Crippen molar-refractivity contribution in [2.45, 2.75) is 38.8 Å². The quantitative estimate of drug-likeness (QED) is 0.856. The van der Waals surface area contributed by atoms with Crippen LogP contribution in [0.3, 0.4) is 0 Å². The molecule has 2 heterocycles. The number of rotatable bonds is 5. The van der Waals surface area contributed by atoms with Crippen LogP contribution in [0.4, 0.5) is 0 Å². The first-order valence-electron chi connectivity index (χ1n) is 9.00. The highest BCUT2D eigenvalue weighted by atomic mass is 35.5. The van der Waals surface area contributed by atoms with Crippen LogP contribution in [0.2, 0.25) is 0 Å². The van der Waals surface area contributed by atoms with Crippen LogP contribution in [0.25, 0.3) is 0 Å². The molecule has 1 amide bonds. The third kappa shape index (κ3) is 5.20. The zero-order valence-corrected chi connectivity index (χ0v) is 15.4.